The molecule has 0 spiro atoms. The maximum atomic E-state index is 12.5. The number of fused-ring (bicyclic) bond motifs is 1. The molecule has 2 aromatic rings. The molecule has 7 heteroatoms. The minimum Gasteiger partial charge on any atom is -0.490 e. The maximum absolute atomic E-state index is 12.5. The molecule has 1 N–H and O–H groups in total. The van der Waals surface area contributed by atoms with E-state index in [2.05, 4.69) is 10.4 Å². The second kappa shape index (κ2) is 9.29. The Morgan fingerprint density at radius 2 is 1.97 bits per heavy atom. The minimum absolute atomic E-state index is 0.0445. The molecule has 1 aromatic heterocycles. The number of hydrogen-bond acceptors (Lipinski definition) is 4. The van der Waals surface area contributed by atoms with E-state index in [-0.39, 0.29) is 18.1 Å². The van der Waals surface area contributed by atoms with Crippen LogP contribution in [0.5, 0.6) is 5.75 Å². The van der Waals surface area contributed by atoms with E-state index in [4.69, 9.17) is 4.74 Å². The molecule has 0 radical (unpaired) electrons. The van der Waals surface area contributed by atoms with Crippen molar-refractivity contribution in [3.63, 3.8) is 0 Å². The Bertz CT molecular complexity index is 896. The summed E-state index contributed by atoms with van der Waals surface area (Å²) < 4.78 is 9.10. The number of hydrogen-bond donors (Lipinski definition) is 1. The summed E-state index contributed by atoms with van der Waals surface area (Å²) in [5.74, 6) is 1.45. The van der Waals surface area contributed by atoms with Crippen LogP contribution in [-0.4, -0.2) is 26.4 Å². The van der Waals surface area contributed by atoms with E-state index in [1.54, 1.807) is 4.57 Å². The summed E-state index contributed by atoms with van der Waals surface area (Å²) in [6.07, 6.45) is 10.3. The standard InChI is InChI=1S/C22H30N4O3/c27-21(16-26-22(28)25-13-6-2-5-12-20(25)24-26)23-15-17-8-7-11-19(14-17)29-18-9-3-1-4-10-18/h7-8,11,14,18H,1-6,9-10,12-13,15-16H2,(H,23,27). The Morgan fingerprint density at radius 1 is 1.14 bits per heavy atom. The van der Waals surface area contributed by atoms with E-state index in [0.29, 0.717) is 19.2 Å². The van der Waals surface area contributed by atoms with Crippen LogP contribution >= 0.6 is 0 Å². The highest BCUT2D eigenvalue weighted by atomic mass is 16.5. The van der Waals surface area contributed by atoms with Crippen molar-refractivity contribution in [1.29, 1.82) is 0 Å². The average molecular weight is 399 g/mol. The zero-order valence-corrected chi connectivity index (χ0v) is 16.9. The van der Waals surface area contributed by atoms with Crippen molar-refractivity contribution >= 4 is 5.91 Å². The number of amides is 1. The van der Waals surface area contributed by atoms with Crippen molar-refractivity contribution < 1.29 is 9.53 Å². The second-order valence-corrected chi connectivity index (χ2v) is 8.12. The van der Waals surface area contributed by atoms with Gasteiger partial charge in [-0.25, -0.2) is 9.48 Å². The molecule has 1 fully saturated rings. The summed E-state index contributed by atoms with van der Waals surface area (Å²) in [6.45, 7) is 1.06. The zero-order valence-electron chi connectivity index (χ0n) is 16.9. The van der Waals surface area contributed by atoms with Gasteiger partial charge in [-0.1, -0.05) is 25.0 Å². The summed E-state index contributed by atoms with van der Waals surface area (Å²) >= 11 is 0. The number of ether oxygens (including phenoxy) is 1. The van der Waals surface area contributed by atoms with Gasteiger partial charge >= 0.3 is 5.69 Å². The molecule has 7 nitrogen and oxygen atoms in total. The van der Waals surface area contributed by atoms with Gasteiger partial charge in [0.05, 0.1) is 6.10 Å². The number of benzene rings is 1. The van der Waals surface area contributed by atoms with E-state index in [0.717, 1.165) is 55.7 Å². The summed E-state index contributed by atoms with van der Waals surface area (Å²) in [6, 6.07) is 7.88. The van der Waals surface area contributed by atoms with Crippen LogP contribution in [0.4, 0.5) is 0 Å². The number of carbonyl (C=O) groups is 1. The predicted molar refractivity (Wildman–Crippen MR) is 110 cm³/mol. The van der Waals surface area contributed by atoms with Gasteiger partial charge in [-0.3, -0.25) is 9.36 Å². The third-order valence-corrected chi connectivity index (χ3v) is 5.82. The molecule has 0 saturated heterocycles. The predicted octanol–water partition coefficient (Wildman–Crippen LogP) is 2.80. The minimum atomic E-state index is -0.209. The molecule has 4 rings (SSSR count). The third-order valence-electron chi connectivity index (χ3n) is 5.82. The molecule has 156 valence electrons. The average Bonchev–Trinajstić information content (AvgIpc) is 2.89. The summed E-state index contributed by atoms with van der Waals surface area (Å²) in [4.78, 5) is 24.8. The summed E-state index contributed by atoms with van der Waals surface area (Å²) in [5.41, 5.74) is 0.805. The fourth-order valence-corrected chi connectivity index (χ4v) is 4.23. The lowest BCUT2D eigenvalue weighted by molar-refractivity contribution is -0.122. The smallest absolute Gasteiger partial charge is 0.346 e. The van der Waals surface area contributed by atoms with Gasteiger partial charge < -0.3 is 10.1 Å². The van der Waals surface area contributed by atoms with E-state index in [1.165, 1.54) is 23.9 Å². The van der Waals surface area contributed by atoms with Crippen LogP contribution in [0.3, 0.4) is 0 Å². The lowest BCUT2D eigenvalue weighted by Crippen LogP contribution is -2.33. The molecule has 0 bridgehead atoms. The van der Waals surface area contributed by atoms with Crippen molar-refractivity contribution in [2.24, 2.45) is 0 Å². The molecule has 1 saturated carbocycles. The van der Waals surface area contributed by atoms with Crippen molar-refractivity contribution in [2.45, 2.75) is 83.5 Å². The van der Waals surface area contributed by atoms with E-state index in [9.17, 15) is 9.59 Å². The van der Waals surface area contributed by atoms with Crippen molar-refractivity contribution in [3.8, 4) is 5.75 Å². The van der Waals surface area contributed by atoms with Gasteiger partial charge in [-0.05, 0) is 56.2 Å². The first-order valence-electron chi connectivity index (χ1n) is 10.9. The van der Waals surface area contributed by atoms with Gasteiger partial charge in [0.15, 0.2) is 0 Å². The van der Waals surface area contributed by atoms with Crippen LogP contribution in [0.15, 0.2) is 29.1 Å². The molecule has 1 aromatic carbocycles. The van der Waals surface area contributed by atoms with E-state index < -0.39 is 0 Å². The first-order valence-corrected chi connectivity index (χ1v) is 10.9. The Hall–Kier alpha value is -2.57. The lowest BCUT2D eigenvalue weighted by atomic mass is 9.98. The Kier molecular flexibility index (Phi) is 6.32. The highest BCUT2D eigenvalue weighted by molar-refractivity contribution is 5.75. The molecular formula is C22H30N4O3. The van der Waals surface area contributed by atoms with Crippen LogP contribution in [0.25, 0.3) is 0 Å². The van der Waals surface area contributed by atoms with Crippen LogP contribution in [0.2, 0.25) is 0 Å². The molecule has 1 amide bonds. The first-order chi connectivity index (χ1) is 14.2. The molecule has 1 aliphatic heterocycles. The van der Waals surface area contributed by atoms with Crippen LogP contribution in [-0.2, 0) is 30.8 Å². The van der Waals surface area contributed by atoms with Gasteiger partial charge in [0, 0.05) is 19.5 Å². The van der Waals surface area contributed by atoms with Gasteiger partial charge in [-0.15, -0.1) is 0 Å². The number of nitrogens with zero attached hydrogens (tertiary/aromatic N) is 3. The fraction of sp³-hybridized carbons (Fsp3) is 0.591. The van der Waals surface area contributed by atoms with Crippen molar-refractivity contribution in [2.75, 3.05) is 0 Å². The monoisotopic (exact) mass is 398 g/mol. The number of rotatable bonds is 6. The van der Waals surface area contributed by atoms with Crippen LogP contribution in [0, 0.1) is 0 Å². The van der Waals surface area contributed by atoms with Crippen LogP contribution in [0.1, 0.15) is 62.8 Å². The largest absolute Gasteiger partial charge is 0.490 e. The summed E-state index contributed by atoms with van der Waals surface area (Å²) in [7, 11) is 0. The van der Waals surface area contributed by atoms with Gasteiger partial charge in [0.25, 0.3) is 0 Å². The summed E-state index contributed by atoms with van der Waals surface area (Å²) in [5, 5.41) is 7.27. The molecule has 29 heavy (non-hydrogen) atoms. The molecule has 1 aliphatic carbocycles. The highest BCUT2D eigenvalue weighted by Gasteiger charge is 2.17. The normalized spacial score (nSPS) is 17.4. The number of nitrogens with one attached hydrogen (secondary N) is 1. The first kappa shape index (κ1) is 19.7. The molecule has 0 atom stereocenters. The number of aromatic nitrogens is 3. The third kappa shape index (κ3) is 5.08. The van der Waals surface area contributed by atoms with Gasteiger partial charge in [0.2, 0.25) is 5.91 Å². The lowest BCUT2D eigenvalue weighted by Gasteiger charge is -2.23. The highest BCUT2D eigenvalue weighted by Crippen LogP contribution is 2.23. The Morgan fingerprint density at radius 3 is 2.83 bits per heavy atom. The molecule has 2 aliphatic rings. The molecular weight excluding hydrogens is 368 g/mol. The van der Waals surface area contributed by atoms with Gasteiger partial charge in [0.1, 0.15) is 18.1 Å². The fourth-order valence-electron chi connectivity index (χ4n) is 4.23. The number of carbonyl (C=O) groups excluding carboxylic acids is 1. The number of aryl methyl sites for hydroxylation is 1. The van der Waals surface area contributed by atoms with Crippen LogP contribution < -0.4 is 15.7 Å². The van der Waals surface area contributed by atoms with Crippen molar-refractivity contribution in [1.82, 2.24) is 19.7 Å². The maximum Gasteiger partial charge on any atom is 0.346 e. The second-order valence-electron chi connectivity index (χ2n) is 8.12. The SMILES string of the molecule is O=C(Cn1nc2n(c1=O)CCCCC2)NCc1cccc(OC2CCCCC2)c1. The Balaban J connectivity index is 1.32. The Labute approximate surface area is 171 Å². The molecule has 2 heterocycles. The van der Waals surface area contributed by atoms with Crippen molar-refractivity contribution in [3.05, 3.63) is 46.1 Å². The van der Waals surface area contributed by atoms with E-state index in [1.807, 2.05) is 24.3 Å². The quantitative estimate of drug-likeness (QED) is 0.812. The van der Waals surface area contributed by atoms with Gasteiger partial charge in [-0.2, -0.15) is 5.10 Å². The topological polar surface area (TPSA) is 78.2 Å². The van der Waals surface area contributed by atoms with E-state index >= 15 is 0 Å². The zero-order chi connectivity index (χ0) is 20.1. The molecule has 0 unspecified atom stereocenters.